The number of rotatable bonds is 5. The number of fused-ring (bicyclic) bond motifs is 7. The van der Waals surface area contributed by atoms with Gasteiger partial charge in [0.2, 0.25) is 5.79 Å². The van der Waals surface area contributed by atoms with Gasteiger partial charge in [0.1, 0.15) is 0 Å². The Labute approximate surface area is 191 Å². The van der Waals surface area contributed by atoms with E-state index in [1.807, 2.05) is 0 Å². The van der Waals surface area contributed by atoms with E-state index in [4.69, 9.17) is 9.78 Å². The maximum atomic E-state index is 11.6. The van der Waals surface area contributed by atoms with E-state index >= 15 is 0 Å². The van der Waals surface area contributed by atoms with E-state index in [2.05, 4.69) is 41.5 Å². The molecule has 0 aromatic heterocycles. The predicted octanol–water partition coefficient (Wildman–Crippen LogP) is 6.98. The summed E-state index contributed by atoms with van der Waals surface area (Å²) in [5.74, 6) is 5.11. The molecule has 0 bridgehead atoms. The molecular formula is C28H48O3. The molecule has 11 atom stereocenters. The maximum Gasteiger partial charge on any atom is 0.234 e. The normalized spacial score (nSPS) is 53.0. The Bertz CT molecular complexity index is 677. The van der Waals surface area contributed by atoms with Gasteiger partial charge >= 0.3 is 0 Å². The lowest BCUT2D eigenvalue weighted by Gasteiger charge is -2.67. The van der Waals surface area contributed by atoms with Crippen molar-refractivity contribution in [2.75, 3.05) is 0 Å². The highest BCUT2D eigenvalue weighted by molar-refractivity contribution is 5.15. The van der Waals surface area contributed by atoms with E-state index in [-0.39, 0.29) is 11.5 Å². The molecular weight excluding hydrogens is 384 g/mol. The molecule has 0 radical (unpaired) electrons. The fourth-order valence-electron chi connectivity index (χ4n) is 9.71. The minimum absolute atomic E-state index is 0.0971. The van der Waals surface area contributed by atoms with Crippen LogP contribution in [0.2, 0.25) is 0 Å². The third kappa shape index (κ3) is 3.08. The average Bonchev–Trinajstić information content (AvgIpc) is 3.08. The largest absolute Gasteiger partial charge is 0.361 e. The zero-order valence-corrected chi connectivity index (χ0v) is 21.0. The predicted molar refractivity (Wildman–Crippen MR) is 124 cm³/mol. The summed E-state index contributed by atoms with van der Waals surface area (Å²) in [7, 11) is 0. The number of aliphatic hydroxyl groups is 1. The molecule has 0 aromatic carbocycles. The van der Waals surface area contributed by atoms with Gasteiger partial charge in [-0.05, 0) is 104 Å². The van der Waals surface area contributed by atoms with Crippen molar-refractivity contribution in [1.82, 2.24) is 0 Å². The second kappa shape index (κ2) is 7.70. The molecule has 1 heterocycles. The fourth-order valence-corrected chi connectivity index (χ4v) is 9.71. The van der Waals surface area contributed by atoms with Gasteiger partial charge in [-0.3, -0.25) is 0 Å². The molecule has 5 rings (SSSR count). The lowest BCUT2D eigenvalue weighted by Crippen LogP contribution is -2.74. The molecule has 2 unspecified atom stereocenters. The van der Waals surface area contributed by atoms with Crippen LogP contribution < -0.4 is 0 Å². The summed E-state index contributed by atoms with van der Waals surface area (Å²) in [6.07, 6.45) is 12.9. The molecule has 4 aliphatic carbocycles. The van der Waals surface area contributed by atoms with Gasteiger partial charge in [0.25, 0.3) is 0 Å². The van der Waals surface area contributed by atoms with Crippen molar-refractivity contribution in [3.05, 3.63) is 0 Å². The zero-order chi connectivity index (χ0) is 22.2. The van der Waals surface area contributed by atoms with Crippen molar-refractivity contribution < 1.29 is 14.9 Å². The summed E-state index contributed by atoms with van der Waals surface area (Å²) >= 11 is 0. The van der Waals surface area contributed by atoms with E-state index in [9.17, 15) is 5.11 Å². The smallest absolute Gasteiger partial charge is 0.234 e. The summed E-state index contributed by atoms with van der Waals surface area (Å²) in [5, 5.41) is 11.6. The molecule has 4 saturated carbocycles. The van der Waals surface area contributed by atoms with Crippen molar-refractivity contribution in [1.29, 1.82) is 0 Å². The van der Waals surface area contributed by atoms with Crippen LogP contribution in [-0.2, 0) is 9.78 Å². The van der Waals surface area contributed by atoms with Gasteiger partial charge in [-0.15, -0.1) is 0 Å². The molecule has 3 nitrogen and oxygen atoms in total. The molecule has 31 heavy (non-hydrogen) atoms. The Hall–Kier alpha value is -0.120. The van der Waals surface area contributed by atoms with Crippen LogP contribution in [0.15, 0.2) is 0 Å². The van der Waals surface area contributed by atoms with Crippen molar-refractivity contribution in [3.8, 4) is 0 Å². The Kier molecular flexibility index (Phi) is 5.63. The van der Waals surface area contributed by atoms with Gasteiger partial charge in [0.15, 0.2) is 6.10 Å². The van der Waals surface area contributed by atoms with Crippen molar-refractivity contribution in [2.24, 2.45) is 58.2 Å². The number of hydrogen-bond donors (Lipinski definition) is 1. The summed E-state index contributed by atoms with van der Waals surface area (Å²) in [6, 6.07) is 0. The third-order valence-electron chi connectivity index (χ3n) is 12.2. The van der Waals surface area contributed by atoms with E-state index in [1.165, 1.54) is 57.8 Å². The SMILES string of the molecule is CC(C)[C@@H](C)CC[C@@H](C)[C@H]1CC[C@H]2[C@H]3CC[C@@H]4CCC5OOC5(O)[C@]4(C)[C@H]3CC[C@]12C. The standard InChI is InChI=1S/C28H48O3/c1-17(2)18(3)7-8-19(4)22-12-13-23-21-11-9-20-10-14-25-28(29,31-30-25)27(20,6)24(21)15-16-26(22,23)5/h17-25,29H,7-16H2,1-6H3/t18-,19+,20+,21+,22+,23-,24-,25?,26+,27-,28?/m0/s1. The molecule has 0 amide bonds. The first-order valence-electron chi connectivity index (χ1n) is 13.7. The first-order chi connectivity index (χ1) is 14.6. The van der Waals surface area contributed by atoms with E-state index in [0.717, 1.165) is 41.9 Å². The van der Waals surface area contributed by atoms with Crippen molar-refractivity contribution in [2.45, 2.75) is 118 Å². The molecule has 1 N–H and O–H groups in total. The topological polar surface area (TPSA) is 38.7 Å². The van der Waals surface area contributed by atoms with Gasteiger partial charge in [-0.25, -0.2) is 4.89 Å². The third-order valence-corrected chi connectivity index (χ3v) is 12.2. The van der Waals surface area contributed by atoms with E-state index in [1.54, 1.807) is 0 Å². The first-order valence-corrected chi connectivity index (χ1v) is 13.7. The highest BCUT2D eigenvalue weighted by Gasteiger charge is 2.73. The minimum atomic E-state index is -1.04. The molecule has 0 spiro atoms. The van der Waals surface area contributed by atoms with Crippen LogP contribution in [0, 0.1) is 58.2 Å². The van der Waals surface area contributed by atoms with Crippen LogP contribution in [-0.4, -0.2) is 17.0 Å². The quantitative estimate of drug-likeness (QED) is 0.476. The van der Waals surface area contributed by atoms with Gasteiger partial charge < -0.3 is 5.11 Å². The average molecular weight is 433 g/mol. The Morgan fingerprint density at radius 2 is 1.61 bits per heavy atom. The second-order valence-electron chi connectivity index (χ2n) is 13.4. The molecule has 5 fully saturated rings. The van der Waals surface area contributed by atoms with Gasteiger partial charge in [0.05, 0.1) is 0 Å². The fraction of sp³-hybridized carbons (Fsp3) is 1.00. The Balaban J connectivity index is 1.34. The van der Waals surface area contributed by atoms with Gasteiger partial charge in [-0.1, -0.05) is 54.4 Å². The van der Waals surface area contributed by atoms with Crippen molar-refractivity contribution >= 4 is 0 Å². The van der Waals surface area contributed by atoms with E-state index < -0.39 is 5.79 Å². The van der Waals surface area contributed by atoms with Crippen LogP contribution in [0.3, 0.4) is 0 Å². The van der Waals surface area contributed by atoms with Crippen LogP contribution in [0.5, 0.6) is 0 Å². The van der Waals surface area contributed by atoms with Gasteiger partial charge in [-0.2, -0.15) is 4.89 Å². The molecule has 178 valence electrons. The summed E-state index contributed by atoms with van der Waals surface area (Å²) < 4.78 is 0. The maximum absolute atomic E-state index is 11.6. The lowest BCUT2D eigenvalue weighted by molar-refractivity contribution is -0.607. The second-order valence-corrected chi connectivity index (χ2v) is 13.4. The molecule has 3 heteroatoms. The summed E-state index contributed by atoms with van der Waals surface area (Å²) in [6.45, 7) is 14.8. The summed E-state index contributed by atoms with van der Waals surface area (Å²) in [5.41, 5.74) is 0.368. The Morgan fingerprint density at radius 1 is 0.871 bits per heavy atom. The molecule has 0 aromatic rings. The highest BCUT2D eigenvalue weighted by atomic mass is 17.3. The number of hydrogen-bond acceptors (Lipinski definition) is 3. The van der Waals surface area contributed by atoms with E-state index in [0.29, 0.717) is 17.3 Å². The van der Waals surface area contributed by atoms with Crippen molar-refractivity contribution in [3.63, 3.8) is 0 Å². The first kappa shape index (κ1) is 22.7. The van der Waals surface area contributed by atoms with Crippen LogP contribution in [0.25, 0.3) is 0 Å². The summed E-state index contributed by atoms with van der Waals surface area (Å²) in [4.78, 5) is 11.0. The lowest BCUT2D eigenvalue weighted by atomic mass is 9.42. The van der Waals surface area contributed by atoms with Crippen LogP contribution in [0.1, 0.15) is 106 Å². The van der Waals surface area contributed by atoms with Crippen LogP contribution in [0.4, 0.5) is 0 Å². The molecule has 1 saturated heterocycles. The monoisotopic (exact) mass is 432 g/mol. The minimum Gasteiger partial charge on any atom is -0.361 e. The highest BCUT2D eigenvalue weighted by Crippen LogP contribution is 2.71. The Morgan fingerprint density at radius 3 is 2.29 bits per heavy atom. The van der Waals surface area contributed by atoms with Gasteiger partial charge in [0, 0.05) is 5.41 Å². The molecule has 5 aliphatic rings. The van der Waals surface area contributed by atoms with Crippen LogP contribution >= 0.6 is 0 Å². The zero-order valence-electron chi connectivity index (χ0n) is 21.0. The molecule has 1 aliphatic heterocycles.